The van der Waals surface area contributed by atoms with Gasteiger partial charge in [0.1, 0.15) is 5.52 Å². The van der Waals surface area contributed by atoms with Crippen molar-refractivity contribution in [3.8, 4) is 11.5 Å². The van der Waals surface area contributed by atoms with Gasteiger partial charge in [0.2, 0.25) is 5.89 Å². The van der Waals surface area contributed by atoms with E-state index in [0.717, 1.165) is 18.2 Å². The van der Waals surface area contributed by atoms with Gasteiger partial charge in [-0.05, 0) is 36.4 Å². The van der Waals surface area contributed by atoms with E-state index in [1.54, 1.807) is 0 Å². The molecular weight excluding hydrogens is 412 g/mol. The Kier molecular flexibility index (Phi) is 4.69. The minimum Gasteiger partial charge on any atom is -0.436 e. The third-order valence-electron chi connectivity index (χ3n) is 3.97. The zero-order valence-electron chi connectivity index (χ0n) is 14.0. The lowest BCUT2D eigenvalue weighted by atomic mass is 10.1. The number of rotatable bonds is 3. The molecule has 0 aliphatic heterocycles. The third kappa shape index (κ3) is 3.71. The summed E-state index contributed by atoms with van der Waals surface area (Å²) in [4.78, 5) is 3.19. The lowest BCUT2D eigenvalue weighted by molar-refractivity contribution is -0.138. The Morgan fingerprint density at radius 1 is 0.929 bits per heavy atom. The Morgan fingerprint density at radius 2 is 1.50 bits per heavy atom. The maximum atomic E-state index is 13.0. The van der Waals surface area contributed by atoms with Crippen molar-refractivity contribution in [3.05, 3.63) is 47.5 Å². The molecule has 0 bridgehead atoms. The molecule has 0 atom stereocenters. The van der Waals surface area contributed by atoms with Crippen LogP contribution in [0.3, 0.4) is 0 Å². The normalized spacial score (nSPS) is 13.2. The van der Waals surface area contributed by atoms with Gasteiger partial charge in [0, 0.05) is 0 Å². The second kappa shape index (κ2) is 6.50. The Morgan fingerprint density at radius 3 is 2.07 bits per heavy atom. The molecule has 0 amide bonds. The van der Waals surface area contributed by atoms with E-state index in [4.69, 9.17) is 4.42 Å². The predicted molar refractivity (Wildman–Crippen MR) is 87.2 cm³/mol. The smallest absolute Gasteiger partial charge is 0.416 e. The van der Waals surface area contributed by atoms with Crippen LogP contribution in [0.1, 0.15) is 18.1 Å². The average Bonchev–Trinajstić information content (AvgIpc) is 3.02. The molecule has 0 radical (unpaired) electrons. The van der Waals surface area contributed by atoms with Gasteiger partial charge < -0.3 is 4.42 Å². The van der Waals surface area contributed by atoms with Crippen molar-refractivity contribution in [1.82, 2.24) is 4.98 Å². The van der Waals surface area contributed by atoms with Crippen LogP contribution in [0.4, 0.5) is 26.3 Å². The molecule has 2 aromatic carbocycles. The zero-order chi connectivity index (χ0) is 20.9. The summed E-state index contributed by atoms with van der Waals surface area (Å²) >= 11 is 0. The van der Waals surface area contributed by atoms with Gasteiger partial charge in [-0.25, -0.2) is 13.4 Å². The summed E-state index contributed by atoms with van der Waals surface area (Å²) in [5, 5.41) is 0. The van der Waals surface area contributed by atoms with Crippen molar-refractivity contribution in [2.75, 3.05) is 5.75 Å². The number of fused-ring (bicyclic) bond motifs is 1. The second-order valence-corrected chi connectivity index (χ2v) is 8.06. The van der Waals surface area contributed by atoms with Crippen LogP contribution >= 0.6 is 0 Å². The second-order valence-electron chi connectivity index (χ2n) is 5.81. The lowest BCUT2D eigenvalue weighted by Gasteiger charge is -2.11. The van der Waals surface area contributed by atoms with E-state index >= 15 is 0 Å². The fourth-order valence-corrected chi connectivity index (χ4v) is 3.62. The van der Waals surface area contributed by atoms with Crippen LogP contribution in [0, 0.1) is 0 Å². The fourth-order valence-electron chi connectivity index (χ4n) is 2.51. The number of oxazole rings is 1. The molecule has 1 aromatic heterocycles. The minimum absolute atomic E-state index is 0.0669. The molecule has 0 spiro atoms. The number of nitrogens with zero attached hydrogens (tertiary/aromatic N) is 1. The molecule has 3 rings (SSSR count). The summed E-state index contributed by atoms with van der Waals surface area (Å²) in [6.45, 7) is 1.25. The highest BCUT2D eigenvalue weighted by Gasteiger charge is 2.34. The Hall–Kier alpha value is -2.56. The van der Waals surface area contributed by atoms with E-state index in [-0.39, 0.29) is 16.7 Å². The average molecular weight is 423 g/mol. The first-order chi connectivity index (χ1) is 12.8. The van der Waals surface area contributed by atoms with Crippen LogP contribution in [-0.2, 0) is 22.2 Å². The van der Waals surface area contributed by atoms with Gasteiger partial charge in [-0.1, -0.05) is 6.92 Å². The molecule has 11 heteroatoms. The largest absolute Gasteiger partial charge is 0.436 e. The predicted octanol–water partition coefficient (Wildman–Crippen LogP) is 5.33. The molecule has 28 heavy (non-hydrogen) atoms. The van der Waals surface area contributed by atoms with Crippen LogP contribution in [0.25, 0.3) is 22.6 Å². The summed E-state index contributed by atoms with van der Waals surface area (Å²) < 4.78 is 107. The molecule has 0 unspecified atom stereocenters. The molecule has 1 heterocycles. The third-order valence-corrected chi connectivity index (χ3v) is 5.74. The van der Waals surface area contributed by atoms with Gasteiger partial charge in [-0.2, -0.15) is 26.3 Å². The number of alkyl halides is 6. The van der Waals surface area contributed by atoms with Gasteiger partial charge in [-0.15, -0.1) is 0 Å². The Labute approximate surface area is 154 Å². The fraction of sp³-hybridized carbons (Fsp3) is 0.235. The maximum Gasteiger partial charge on any atom is 0.416 e. The van der Waals surface area contributed by atoms with Crippen LogP contribution in [-0.4, -0.2) is 19.2 Å². The number of hydrogen-bond acceptors (Lipinski definition) is 4. The topological polar surface area (TPSA) is 60.2 Å². The standard InChI is InChI=1S/C17H11F6NO3S/c1-2-28(25,26)14-8-10(17(21,22)23)3-5-11(14)15-24-12-7-9(16(18,19)20)4-6-13(12)27-15/h3-8H,2H2,1H3. The van der Waals surface area contributed by atoms with Crippen LogP contribution in [0.2, 0.25) is 0 Å². The maximum absolute atomic E-state index is 13.0. The Bertz CT molecular complexity index is 1150. The molecule has 3 aromatic rings. The molecule has 0 fully saturated rings. The first-order valence-electron chi connectivity index (χ1n) is 7.75. The highest BCUT2D eigenvalue weighted by molar-refractivity contribution is 7.91. The van der Waals surface area contributed by atoms with E-state index in [2.05, 4.69) is 4.98 Å². The molecule has 4 nitrogen and oxygen atoms in total. The first-order valence-corrected chi connectivity index (χ1v) is 9.40. The number of aromatic nitrogens is 1. The van der Waals surface area contributed by atoms with Crippen LogP contribution in [0.5, 0.6) is 0 Å². The van der Waals surface area contributed by atoms with Gasteiger partial charge in [0.25, 0.3) is 0 Å². The molecule has 150 valence electrons. The number of sulfone groups is 1. The highest BCUT2D eigenvalue weighted by Crippen LogP contribution is 2.37. The molecule has 0 saturated heterocycles. The number of hydrogen-bond donors (Lipinski definition) is 0. The molecule has 0 aliphatic carbocycles. The van der Waals surface area contributed by atoms with E-state index in [1.807, 2.05) is 0 Å². The number of halogens is 6. The SMILES string of the molecule is CCS(=O)(=O)c1cc(C(F)(F)F)ccc1-c1nc2cc(C(F)(F)F)ccc2o1. The molecular formula is C17H11F6NO3S. The minimum atomic E-state index is -4.78. The summed E-state index contributed by atoms with van der Waals surface area (Å²) in [6.07, 6.45) is -9.40. The summed E-state index contributed by atoms with van der Waals surface area (Å²) in [5.41, 5.74) is -2.71. The summed E-state index contributed by atoms with van der Waals surface area (Å²) in [5.74, 6) is -0.880. The van der Waals surface area contributed by atoms with Crippen molar-refractivity contribution >= 4 is 20.9 Å². The monoisotopic (exact) mass is 423 g/mol. The van der Waals surface area contributed by atoms with E-state index in [0.29, 0.717) is 18.2 Å². The van der Waals surface area contributed by atoms with Gasteiger partial charge in [-0.3, -0.25) is 0 Å². The lowest BCUT2D eigenvalue weighted by Crippen LogP contribution is -2.10. The van der Waals surface area contributed by atoms with Crippen molar-refractivity contribution in [1.29, 1.82) is 0 Å². The van der Waals surface area contributed by atoms with E-state index < -0.39 is 49.9 Å². The van der Waals surface area contributed by atoms with E-state index in [9.17, 15) is 34.8 Å². The van der Waals surface area contributed by atoms with Gasteiger partial charge in [0.15, 0.2) is 15.4 Å². The quantitative estimate of drug-likeness (QED) is 0.535. The van der Waals surface area contributed by atoms with E-state index in [1.165, 1.54) is 6.92 Å². The molecule has 0 aliphatic rings. The zero-order valence-corrected chi connectivity index (χ0v) is 14.8. The molecule has 0 saturated carbocycles. The van der Waals surface area contributed by atoms with Crippen molar-refractivity contribution in [2.24, 2.45) is 0 Å². The molecule has 0 N–H and O–H groups in total. The summed E-state index contributed by atoms with van der Waals surface area (Å²) in [6, 6.07) is 4.46. The van der Waals surface area contributed by atoms with Crippen molar-refractivity contribution in [3.63, 3.8) is 0 Å². The first kappa shape index (κ1) is 20.2. The Balaban J connectivity index is 2.23. The highest BCUT2D eigenvalue weighted by atomic mass is 32.2. The van der Waals surface area contributed by atoms with Crippen molar-refractivity contribution < 1.29 is 39.2 Å². The summed E-state index contributed by atoms with van der Waals surface area (Å²) in [7, 11) is -4.11. The van der Waals surface area contributed by atoms with Gasteiger partial charge >= 0.3 is 12.4 Å². The van der Waals surface area contributed by atoms with Crippen LogP contribution in [0.15, 0.2) is 45.7 Å². The number of benzene rings is 2. The van der Waals surface area contributed by atoms with Crippen LogP contribution < -0.4 is 0 Å². The van der Waals surface area contributed by atoms with Gasteiger partial charge in [0.05, 0.1) is 27.3 Å². The van der Waals surface area contributed by atoms with Crippen molar-refractivity contribution in [2.45, 2.75) is 24.2 Å².